The first-order valence-electron chi connectivity index (χ1n) is 8.47. The number of hydrogen-bond donors (Lipinski definition) is 1. The van der Waals surface area contributed by atoms with Crippen LogP contribution in [0.5, 0.6) is 5.75 Å². The largest absolute Gasteiger partial charge is 0.497 e. The van der Waals surface area contributed by atoms with E-state index in [0.717, 1.165) is 0 Å². The molecule has 0 saturated carbocycles. The van der Waals surface area contributed by atoms with Crippen LogP contribution in [0.2, 0.25) is 0 Å². The molecule has 0 amide bonds. The smallest absolute Gasteiger partial charge is 0.349 e. The van der Waals surface area contributed by atoms with E-state index in [4.69, 9.17) is 9.47 Å². The number of nitrogens with zero attached hydrogens (tertiary/aromatic N) is 2. The normalized spacial score (nSPS) is 12.2. The minimum absolute atomic E-state index is 0.167. The third kappa shape index (κ3) is 4.07. The van der Waals surface area contributed by atoms with Crippen molar-refractivity contribution in [3.63, 3.8) is 0 Å². The van der Waals surface area contributed by atoms with Crippen molar-refractivity contribution in [1.29, 1.82) is 5.26 Å². The van der Waals surface area contributed by atoms with Crippen molar-refractivity contribution < 1.29 is 14.3 Å². The van der Waals surface area contributed by atoms with E-state index in [0.29, 0.717) is 22.2 Å². The lowest BCUT2D eigenvalue weighted by Gasteiger charge is -2.12. The summed E-state index contributed by atoms with van der Waals surface area (Å²) in [6.07, 6.45) is 0.586. The molecular formula is C21H17N3O4. The third-order valence-corrected chi connectivity index (χ3v) is 4.07. The van der Waals surface area contributed by atoms with Crippen LogP contribution in [0.15, 0.2) is 58.9 Å². The minimum Gasteiger partial charge on any atom is -0.497 e. The molecule has 140 valence electrons. The number of methoxy groups -OCH3 is 1. The van der Waals surface area contributed by atoms with Gasteiger partial charge in [0, 0.05) is 0 Å². The summed E-state index contributed by atoms with van der Waals surface area (Å²) in [4.78, 5) is 31.5. The third-order valence-electron chi connectivity index (χ3n) is 4.07. The summed E-state index contributed by atoms with van der Waals surface area (Å²) in [7, 11) is 1.55. The number of carbonyl (C=O) groups excluding carboxylic acids is 1. The Balaban J connectivity index is 1.81. The van der Waals surface area contributed by atoms with E-state index in [2.05, 4.69) is 9.97 Å². The molecule has 1 N–H and O–H groups in total. The van der Waals surface area contributed by atoms with Crippen molar-refractivity contribution in [2.45, 2.75) is 13.0 Å². The van der Waals surface area contributed by atoms with Crippen molar-refractivity contribution in [2.75, 3.05) is 7.11 Å². The second-order valence-electron chi connectivity index (χ2n) is 5.96. The molecule has 7 heteroatoms. The van der Waals surface area contributed by atoms with Gasteiger partial charge in [0.05, 0.1) is 18.0 Å². The Morgan fingerprint density at radius 1 is 1.21 bits per heavy atom. The fourth-order valence-corrected chi connectivity index (χ4v) is 2.58. The maximum atomic E-state index is 12.4. The molecule has 0 spiro atoms. The number of esters is 1. The van der Waals surface area contributed by atoms with Crippen LogP contribution in [0, 0.1) is 11.3 Å². The van der Waals surface area contributed by atoms with Gasteiger partial charge in [-0.25, -0.2) is 9.78 Å². The van der Waals surface area contributed by atoms with E-state index in [9.17, 15) is 14.9 Å². The maximum Gasteiger partial charge on any atom is 0.349 e. The zero-order valence-electron chi connectivity index (χ0n) is 15.3. The standard InChI is InChI=1S/C21H17N3O4/c1-13(19-23-18-6-4-3-5-17(18)20(25)24-19)28-21(26)15(12-22)11-14-7-9-16(27-2)10-8-14/h3-11,13H,1-2H3,(H,23,24,25)/b15-11+/t13-/m0/s1. The molecule has 3 rings (SSSR count). The highest BCUT2D eigenvalue weighted by atomic mass is 16.5. The minimum atomic E-state index is -0.836. The summed E-state index contributed by atoms with van der Waals surface area (Å²) in [5.74, 6) is 0.0682. The SMILES string of the molecule is COc1ccc(/C=C(\C#N)C(=O)O[C@@H](C)c2nc3ccccc3c(=O)[nH]2)cc1. The number of nitriles is 1. The average molecular weight is 375 g/mol. The van der Waals surface area contributed by atoms with Crippen LogP contribution in [-0.4, -0.2) is 23.0 Å². The fraction of sp³-hybridized carbons (Fsp3) is 0.143. The number of fused-ring (bicyclic) bond motifs is 1. The molecule has 3 aromatic rings. The number of rotatable bonds is 5. The van der Waals surface area contributed by atoms with Crippen LogP contribution in [0.3, 0.4) is 0 Å². The van der Waals surface area contributed by atoms with Gasteiger partial charge in [0.25, 0.3) is 5.56 Å². The lowest BCUT2D eigenvalue weighted by atomic mass is 10.1. The number of H-pyrrole nitrogens is 1. The van der Waals surface area contributed by atoms with Gasteiger partial charge in [-0.1, -0.05) is 24.3 Å². The summed E-state index contributed by atoms with van der Waals surface area (Å²) in [5.41, 5.74) is 0.663. The van der Waals surface area contributed by atoms with Gasteiger partial charge in [0.2, 0.25) is 0 Å². The second kappa shape index (κ2) is 8.18. The van der Waals surface area contributed by atoms with E-state index in [1.807, 2.05) is 6.07 Å². The van der Waals surface area contributed by atoms with Crippen molar-refractivity contribution in [2.24, 2.45) is 0 Å². The molecule has 2 aromatic carbocycles. The Morgan fingerprint density at radius 2 is 1.93 bits per heavy atom. The van der Waals surface area contributed by atoms with Gasteiger partial charge in [-0.05, 0) is 42.8 Å². The van der Waals surface area contributed by atoms with E-state index >= 15 is 0 Å². The number of carbonyl (C=O) groups is 1. The van der Waals surface area contributed by atoms with Crippen LogP contribution in [-0.2, 0) is 9.53 Å². The predicted molar refractivity (Wildman–Crippen MR) is 103 cm³/mol. The second-order valence-corrected chi connectivity index (χ2v) is 5.96. The lowest BCUT2D eigenvalue weighted by Crippen LogP contribution is -2.18. The van der Waals surface area contributed by atoms with Crippen LogP contribution in [0.4, 0.5) is 0 Å². The van der Waals surface area contributed by atoms with Crippen LogP contribution < -0.4 is 10.3 Å². The molecule has 0 unspecified atom stereocenters. The Bertz CT molecular complexity index is 1140. The zero-order valence-corrected chi connectivity index (χ0v) is 15.3. The molecule has 1 aromatic heterocycles. The van der Waals surface area contributed by atoms with E-state index in [-0.39, 0.29) is 17.0 Å². The van der Waals surface area contributed by atoms with E-state index in [1.54, 1.807) is 62.6 Å². The molecule has 0 fully saturated rings. The number of hydrogen-bond acceptors (Lipinski definition) is 6. The Morgan fingerprint density at radius 3 is 2.61 bits per heavy atom. The van der Waals surface area contributed by atoms with E-state index in [1.165, 1.54) is 6.08 Å². The van der Waals surface area contributed by atoms with Gasteiger partial charge in [-0.3, -0.25) is 4.79 Å². The van der Waals surface area contributed by atoms with Gasteiger partial charge < -0.3 is 14.5 Å². The van der Waals surface area contributed by atoms with Gasteiger partial charge >= 0.3 is 5.97 Å². The van der Waals surface area contributed by atoms with Gasteiger partial charge in [0.15, 0.2) is 11.9 Å². The molecule has 28 heavy (non-hydrogen) atoms. The molecule has 0 aliphatic rings. The van der Waals surface area contributed by atoms with Gasteiger partial charge in [-0.15, -0.1) is 0 Å². The predicted octanol–water partition coefficient (Wildman–Crippen LogP) is 3.14. The monoisotopic (exact) mass is 375 g/mol. The highest BCUT2D eigenvalue weighted by Gasteiger charge is 2.18. The summed E-state index contributed by atoms with van der Waals surface area (Å²) in [6, 6.07) is 15.6. The Kier molecular flexibility index (Phi) is 5.51. The summed E-state index contributed by atoms with van der Waals surface area (Å²) < 4.78 is 10.4. The zero-order chi connectivity index (χ0) is 20.1. The maximum absolute atomic E-state index is 12.4. The summed E-state index contributed by atoms with van der Waals surface area (Å²) in [5, 5.41) is 9.76. The van der Waals surface area contributed by atoms with Crippen molar-refractivity contribution >= 4 is 22.9 Å². The van der Waals surface area contributed by atoms with Gasteiger partial charge in [0.1, 0.15) is 17.4 Å². The first-order chi connectivity index (χ1) is 13.5. The lowest BCUT2D eigenvalue weighted by molar-refractivity contribution is -0.143. The quantitative estimate of drug-likeness (QED) is 0.417. The molecule has 0 aliphatic carbocycles. The number of ether oxygens (including phenoxy) is 2. The Labute approximate surface area is 160 Å². The average Bonchev–Trinajstić information content (AvgIpc) is 2.72. The first kappa shape index (κ1) is 18.9. The molecule has 1 atom stereocenters. The molecule has 0 aliphatic heterocycles. The Hall–Kier alpha value is -3.92. The molecule has 7 nitrogen and oxygen atoms in total. The first-order valence-corrected chi connectivity index (χ1v) is 8.47. The highest BCUT2D eigenvalue weighted by molar-refractivity contribution is 5.98. The van der Waals surface area contributed by atoms with Crippen LogP contribution in [0.1, 0.15) is 24.4 Å². The number of aromatic nitrogens is 2. The van der Waals surface area contributed by atoms with E-state index < -0.39 is 12.1 Å². The number of nitrogens with one attached hydrogen (secondary N) is 1. The van der Waals surface area contributed by atoms with Crippen LogP contribution in [0.25, 0.3) is 17.0 Å². The summed E-state index contributed by atoms with van der Waals surface area (Å²) in [6.45, 7) is 1.58. The molecule has 1 heterocycles. The topological polar surface area (TPSA) is 105 Å². The highest BCUT2D eigenvalue weighted by Crippen LogP contribution is 2.18. The fourth-order valence-electron chi connectivity index (χ4n) is 2.58. The molecule has 0 bridgehead atoms. The number of benzene rings is 2. The molecule has 0 radical (unpaired) electrons. The van der Waals surface area contributed by atoms with Gasteiger partial charge in [-0.2, -0.15) is 5.26 Å². The number of para-hydroxylation sites is 1. The van der Waals surface area contributed by atoms with Crippen molar-refractivity contribution in [3.05, 3.63) is 75.8 Å². The van der Waals surface area contributed by atoms with Crippen molar-refractivity contribution in [3.8, 4) is 11.8 Å². The summed E-state index contributed by atoms with van der Waals surface area (Å²) >= 11 is 0. The molecular weight excluding hydrogens is 358 g/mol. The van der Waals surface area contributed by atoms with Crippen LogP contribution >= 0.6 is 0 Å². The number of aromatic amines is 1. The molecule has 0 saturated heterocycles. The van der Waals surface area contributed by atoms with Crippen molar-refractivity contribution in [1.82, 2.24) is 9.97 Å².